The zero-order chi connectivity index (χ0) is 84.7. The molecule has 0 fully saturated rings. The summed E-state index contributed by atoms with van der Waals surface area (Å²) < 4.78 is 116. The van der Waals surface area contributed by atoms with Crippen molar-refractivity contribution in [2.24, 2.45) is 45.9 Å². The average molecular weight is 1680 g/mol. The molecule has 0 radical (unpaired) electrons. The van der Waals surface area contributed by atoms with Gasteiger partial charge in [-0.2, -0.15) is 47.1 Å². The molecule has 24 N–H and O–H groups in total. The van der Waals surface area contributed by atoms with Crippen LogP contribution in [0.4, 0.5) is 69.8 Å². The zero-order valence-corrected chi connectivity index (χ0v) is 65.3. The highest BCUT2D eigenvalue weighted by atomic mass is 32.2. The molecule has 2 aromatic heterocycles. The Morgan fingerprint density at radius 3 is 0.629 bits per heavy atom. The molecular formula is C70H86N24O18S4. The number of sulfonamides is 4. The van der Waals surface area contributed by atoms with Gasteiger partial charge in [-0.1, -0.05) is 36.4 Å². The topological polar surface area (TPSA) is 684 Å². The first-order chi connectivity index (χ1) is 54.9. The third kappa shape index (κ3) is 25.7. The molecule has 0 saturated heterocycles. The monoisotopic (exact) mass is 1680 g/mol. The third-order valence-corrected chi connectivity index (χ3v) is 24.4. The van der Waals surface area contributed by atoms with Gasteiger partial charge < -0.3 is 88.0 Å². The van der Waals surface area contributed by atoms with Gasteiger partial charge in [0.15, 0.2) is 0 Å². The second-order valence-corrected chi connectivity index (χ2v) is 33.3. The lowest BCUT2D eigenvalue weighted by Crippen LogP contribution is -2.36. The maximum absolute atomic E-state index is 14.1. The predicted octanol–water partition coefficient (Wildman–Crippen LogP) is 0.221. The minimum Gasteiger partial charge on any atom is -0.396 e. The summed E-state index contributed by atoms with van der Waals surface area (Å²) in [7, 11) is -17.8. The first-order valence-electron chi connectivity index (χ1n) is 35.2. The lowest BCUT2D eigenvalue weighted by molar-refractivity contribution is -0.119. The van der Waals surface area contributed by atoms with Crippen LogP contribution < -0.4 is 77.8 Å². The quantitative estimate of drug-likeness (QED) is 0.0242. The molecule has 0 aliphatic rings. The van der Waals surface area contributed by atoms with Crippen LogP contribution in [0.15, 0.2) is 153 Å². The zero-order valence-electron chi connectivity index (χ0n) is 62.0. The summed E-state index contributed by atoms with van der Waals surface area (Å²) in [4.78, 5) is 121. The largest absolute Gasteiger partial charge is 0.396 e. The first kappa shape index (κ1) is 89.0. The van der Waals surface area contributed by atoms with Crippen LogP contribution in [0, 0.1) is 0 Å². The predicted molar refractivity (Wildman–Crippen MR) is 424 cm³/mol. The molecule has 0 aliphatic carbocycles. The first-order valence-corrected chi connectivity index (χ1v) is 41.0. The van der Waals surface area contributed by atoms with Crippen LogP contribution in [0.3, 0.4) is 0 Å². The fourth-order valence-electron chi connectivity index (χ4n) is 11.2. The van der Waals surface area contributed by atoms with Gasteiger partial charge in [0.2, 0.25) is 123 Å². The van der Waals surface area contributed by atoms with Crippen LogP contribution in [0.2, 0.25) is 0 Å². The van der Waals surface area contributed by atoms with E-state index in [1.54, 1.807) is 36.4 Å². The highest BCUT2D eigenvalue weighted by Crippen LogP contribution is 2.35. The van der Waals surface area contributed by atoms with Crippen LogP contribution in [-0.4, -0.2) is 204 Å². The van der Waals surface area contributed by atoms with Gasteiger partial charge in [0.1, 0.15) is 0 Å². The lowest BCUT2D eigenvalue weighted by atomic mass is 9.92. The summed E-state index contributed by atoms with van der Waals surface area (Å²) in [6.07, 6.45) is -3.02. The Morgan fingerprint density at radius 2 is 0.457 bits per heavy atom. The molecule has 0 aliphatic heterocycles. The van der Waals surface area contributed by atoms with Gasteiger partial charge in [0.25, 0.3) is 0 Å². The molecule has 46 heteroatoms. The van der Waals surface area contributed by atoms with Crippen LogP contribution in [0.25, 0.3) is 11.1 Å². The van der Waals surface area contributed by atoms with Gasteiger partial charge in [0, 0.05) is 151 Å². The van der Waals surface area contributed by atoms with E-state index in [9.17, 15) is 82.2 Å². The van der Waals surface area contributed by atoms with E-state index in [0.717, 1.165) is 17.2 Å². The number of aromatic nitrogens is 6. The van der Waals surface area contributed by atoms with Gasteiger partial charge in [0.05, 0.1) is 19.6 Å². The summed E-state index contributed by atoms with van der Waals surface area (Å²) >= 11 is 0. The van der Waals surface area contributed by atoms with Crippen molar-refractivity contribution >= 4 is 157 Å². The van der Waals surface area contributed by atoms with Crippen molar-refractivity contribution in [2.75, 3.05) is 97.5 Å². The Morgan fingerprint density at radius 1 is 0.276 bits per heavy atom. The Hall–Kier alpha value is -12.5. The molecule has 8 amide bonds. The fourth-order valence-corrected chi connectivity index (χ4v) is 17.2. The maximum atomic E-state index is 14.1. The summed E-state index contributed by atoms with van der Waals surface area (Å²) in [6.45, 7) is -3.84. The SMILES string of the molecule is NC(=O)CCN(CCC(N)=O)S(=O)(=O)c1cccc(Nc2nc(Nc3cccc(S(=O)(=O)N(CCC(N)=O)CCC(N)=O)c3)nc(Nc3ccc(-c4ccc(Nc5nc(Nc6cccc(S(=O)(=O)N(CCC(N)=O)CCC(N)=O)c6)nc(Nc6cccc(S(=O)(=O)N(CCC(N)=O)CCC(N)=O)c6)n5)cc4CCO)c(CCO)c3)n2)c1. The average Bonchev–Trinajstić information content (AvgIpc) is 0.806. The van der Waals surface area contributed by atoms with Crippen molar-refractivity contribution in [3.63, 3.8) is 0 Å². The minimum atomic E-state index is -4.44. The van der Waals surface area contributed by atoms with Crippen LogP contribution in [0.1, 0.15) is 62.5 Å². The van der Waals surface area contributed by atoms with E-state index in [0.29, 0.717) is 33.6 Å². The number of carbonyl (C=O) groups is 8. The second-order valence-electron chi connectivity index (χ2n) is 25.5. The van der Waals surface area contributed by atoms with E-state index in [2.05, 4.69) is 61.8 Å². The summed E-state index contributed by atoms with van der Waals surface area (Å²) in [5, 5.41) is 39.3. The minimum absolute atomic E-state index is 0.0372. The molecule has 0 spiro atoms. The molecule has 0 atom stereocenters. The van der Waals surface area contributed by atoms with E-state index < -0.39 is 87.4 Å². The normalized spacial score (nSPS) is 11.8. The van der Waals surface area contributed by atoms with Crippen molar-refractivity contribution in [1.82, 2.24) is 47.1 Å². The van der Waals surface area contributed by atoms with E-state index >= 15 is 0 Å². The number of aliphatic hydroxyl groups excluding tert-OH is 2. The van der Waals surface area contributed by atoms with Gasteiger partial charge in [-0.3, -0.25) is 38.4 Å². The standard InChI is InChI=1S/C70H86N24O18S4/c71-57(97)17-27-91(28-18-58(72)98)113(105,106)51-9-1-5-45(39-51)79-65-85-66(80-46-6-2-10-52(40-46)114(107,108)92(29-19-59(73)99)30-20-60(74)100)88-69(87-65)83-49-13-15-55(43(37-49)25-35-95)56-16-14-50(38-44(56)26-36-96)84-70-89-67(81-47-7-3-11-53(41-47)115(109,110)93(31-21-61(75)101)32-22-62(76)102)86-68(90-70)82-48-8-4-12-54(42-48)116(111,112)94(33-23-63(77)103)34-24-64(78)104/h1-16,37-42,95-96H,17-36H2,(H2,71,97)(H2,72,98)(H2,73,99)(H2,74,100)(H2,75,101)(H2,76,102)(H2,77,103)(H2,78,104)(H3,79,80,83,85,87,88)(H3,81,82,84,86,89,90). The lowest BCUT2D eigenvalue weighted by Gasteiger charge is -2.22. The number of hydrogen-bond donors (Lipinski definition) is 16. The number of rotatable bonds is 49. The van der Waals surface area contributed by atoms with Gasteiger partial charge in [-0.05, 0) is 132 Å². The number of carbonyl (C=O) groups excluding carboxylic acids is 8. The fraction of sp³-hybridized carbons (Fsp3) is 0.286. The molecule has 2 heterocycles. The van der Waals surface area contributed by atoms with Gasteiger partial charge in [-0.15, -0.1) is 0 Å². The molecule has 42 nitrogen and oxygen atoms in total. The summed E-state index contributed by atoms with van der Waals surface area (Å²) in [6, 6.07) is 31.4. The number of nitrogens with one attached hydrogen (secondary N) is 6. The molecule has 8 rings (SSSR count). The smallest absolute Gasteiger partial charge is 0.243 e. The molecular weight excluding hydrogens is 1590 g/mol. The summed E-state index contributed by atoms with van der Waals surface area (Å²) in [5.41, 5.74) is 46.0. The maximum Gasteiger partial charge on any atom is 0.243 e. The Kier molecular flexibility index (Phi) is 31.0. The van der Waals surface area contributed by atoms with Crippen LogP contribution in [-0.2, 0) is 91.3 Å². The van der Waals surface area contributed by atoms with E-state index in [1.807, 2.05) is 0 Å². The van der Waals surface area contributed by atoms with Crippen molar-refractivity contribution in [3.05, 3.63) is 145 Å². The molecule has 116 heavy (non-hydrogen) atoms. The second kappa shape index (κ2) is 40.5. The molecule has 0 unspecified atom stereocenters. The highest BCUT2D eigenvalue weighted by Gasteiger charge is 2.31. The number of amides is 8. The number of hydrogen-bond acceptors (Lipinski definition) is 30. The highest BCUT2D eigenvalue weighted by molar-refractivity contribution is 7.90. The summed E-state index contributed by atoms with van der Waals surface area (Å²) in [5.74, 6) is -7.78. The third-order valence-electron chi connectivity index (χ3n) is 16.8. The number of nitrogens with zero attached hydrogens (tertiary/aromatic N) is 10. The number of nitrogens with two attached hydrogens (primary N) is 8. The molecule has 0 saturated carbocycles. The Bertz CT molecular complexity index is 4790. The number of aliphatic hydroxyl groups is 2. The molecule has 6 aromatic carbocycles. The van der Waals surface area contributed by atoms with Crippen molar-refractivity contribution in [3.8, 4) is 11.1 Å². The number of benzene rings is 6. The molecule has 8 aromatic rings. The van der Waals surface area contributed by atoms with E-state index in [1.165, 1.54) is 97.1 Å². The van der Waals surface area contributed by atoms with Crippen LogP contribution >= 0.6 is 0 Å². The van der Waals surface area contributed by atoms with Gasteiger partial charge >= 0.3 is 0 Å². The van der Waals surface area contributed by atoms with Crippen molar-refractivity contribution < 1.29 is 82.2 Å². The van der Waals surface area contributed by atoms with E-state index in [4.69, 9.17) is 45.9 Å². The Labute approximate surface area is 665 Å². The van der Waals surface area contributed by atoms with Crippen LogP contribution in [0.5, 0.6) is 0 Å². The van der Waals surface area contributed by atoms with E-state index in [-0.39, 0.29) is 208 Å². The molecule has 0 bridgehead atoms. The number of primary amides is 8. The van der Waals surface area contributed by atoms with Gasteiger partial charge in [-0.25, -0.2) is 33.7 Å². The molecule has 618 valence electrons. The Balaban J connectivity index is 1.17. The number of anilines is 12. The van der Waals surface area contributed by atoms with Crippen molar-refractivity contribution in [2.45, 2.75) is 83.8 Å². The van der Waals surface area contributed by atoms with Crippen molar-refractivity contribution in [1.29, 1.82) is 0 Å².